The van der Waals surface area contributed by atoms with Crippen LogP contribution in [0.1, 0.15) is 0 Å². The van der Waals surface area contributed by atoms with Crippen LogP contribution in [0, 0.1) is 0 Å². The highest BCUT2D eigenvalue weighted by molar-refractivity contribution is 6.29. The normalized spacial score (nSPS) is 10.4. The van der Waals surface area contributed by atoms with Crippen molar-refractivity contribution < 1.29 is 0 Å². The lowest BCUT2D eigenvalue weighted by atomic mass is 10.0. The summed E-state index contributed by atoms with van der Waals surface area (Å²) in [6, 6.07) is 18.0. The monoisotopic (exact) mass is 266 g/mol. The van der Waals surface area contributed by atoms with Gasteiger partial charge in [0, 0.05) is 18.0 Å². The highest BCUT2D eigenvalue weighted by Crippen LogP contribution is 2.24. The predicted octanol–water partition coefficient (Wildman–Crippen LogP) is 4.46. The second-order valence-electron chi connectivity index (χ2n) is 4.17. The summed E-state index contributed by atoms with van der Waals surface area (Å²) in [5.41, 5.74) is 4.17. The van der Waals surface area contributed by atoms with Crippen molar-refractivity contribution in [3.8, 4) is 22.4 Å². The molecule has 2 heterocycles. The number of nitrogens with zero attached hydrogens (tertiary/aromatic N) is 2. The molecule has 0 radical (unpaired) electrons. The fraction of sp³-hybridized carbons (Fsp3) is 0. The number of hydrogen-bond donors (Lipinski definition) is 0. The van der Waals surface area contributed by atoms with E-state index >= 15 is 0 Å². The van der Waals surface area contributed by atoms with E-state index in [1.165, 1.54) is 5.56 Å². The first-order valence-electron chi connectivity index (χ1n) is 5.96. The van der Waals surface area contributed by atoms with Crippen molar-refractivity contribution in [2.24, 2.45) is 0 Å². The summed E-state index contributed by atoms with van der Waals surface area (Å²) >= 11 is 5.79. The zero-order valence-electron chi connectivity index (χ0n) is 10.1. The molecular formula is C16H11ClN2. The minimum absolute atomic E-state index is 0.489. The molecule has 0 saturated heterocycles. The van der Waals surface area contributed by atoms with Crippen LogP contribution in [0.15, 0.2) is 67.0 Å². The van der Waals surface area contributed by atoms with Gasteiger partial charge in [0.25, 0.3) is 0 Å². The van der Waals surface area contributed by atoms with E-state index in [4.69, 9.17) is 11.6 Å². The van der Waals surface area contributed by atoms with Gasteiger partial charge in [-0.05, 0) is 35.4 Å². The van der Waals surface area contributed by atoms with E-state index in [9.17, 15) is 0 Å². The Labute approximate surface area is 116 Å². The van der Waals surface area contributed by atoms with Gasteiger partial charge >= 0.3 is 0 Å². The summed E-state index contributed by atoms with van der Waals surface area (Å²) in [7, 11) is 0. The van der Waals surface area contributed by atoms with Crippen LogP contribution in [0.2, 0.25) is 5.15 Å². The fourth-order valence-corrected chi connectivity index (χ4v) is 2.04. The molecule has 0 fully saturated rings. The summed E-state index contributed by atoms with van der Waals surface area (Å²) in [4.78, 5) is 8.47. The molecule has 0 amide bonds. The van der Waals surface area contributed by atoms with E-state index in [-0.39, 0.29) is 0 Å². The van der Waals surface area contributed by atoms with E-state index in [1.54, 1.807) is 12.3 Å². The van der Waals surface area contributed by atoms with E-state index in [0.717, 1.165) is 16.8 Å². The molecule has 0 aliphatic rings. The fourth-order valence-electron chi connectivity index (χ4n) is 1.93. The SMILES string of the molecule is Clc1ccc(-c2cc(-c3ccccc3)ccn2)cn1. The van der Waals surface area contributed by atoms with Crippen molar-refractivity contribution in [3.05, 3.63) is 72.1 Å². The van der Waals surface area contributed by atoms with E-state index in [1.807, 2.05) is 36.5 Å². The van der Waals surface area contributed by atoms with E-state index in [2.05, 4.69) is 28.2 Å². The number of rotatable bonds is 2. The molecule has 2 aromatic heterocycles. The second kappa shape index (κ2) is 5.21. The van der Waals surface area contributed by atoms with Gasteiger partial charge in [0.2, 0.25) is 0 Å². The molecule has 3 aromatic rings. The van der Waals surface area contributed by atoms with Crippen molar-refractivity contribution in [1.29, 1.82) is 0 Å². The van der Waals surface area contributed by atoms with Crippen LogP contribution < -0.4 is 0 Å². The van der Waals surface area contributed by atoms with Crippen LogP contribution in [-0.2, 0) is 0 Å². The van der Waals surface area contributed by atoms with Gasteiger partial charge in [-0.25, -0.2) is 4.98 Å². The van der Waals surface area contributed by atoms with Gasteiger partial charge in [-0.2, -0.15) is 0 Å². The Morgan fingerprint density at radius 2 is 1.58 bits per heavy atom. The Balaban J connectivity index is 2.03. The first kappa shape index (κ1) is 11.9. The minimum Gasteiger partial charge on any atom is -0.256 e. The molecule has 1 aromatic carbocycles. The van der Waals surface area contributed by atoms with Crippen molar-refractivity contribution in [3.63, 3.8) is 0 Å². The summed E-state index contributed by atoms with van der Waals surface area (Å²) in [5, 5.41) is 0.489. The summed E-state index contributed by atoms with van der Waals surface area (Å²) in [6.45, 7) is 0. The van der Waals surface area contributed by atoms with Gasteiger partial charge in [-0.15, -0.1) is 0 Å². The first-order valence-corrected chi connectivity index (χ1v) is 6.34. The van der Waals surface area contributed by atoms with Crippen molar-refractivity contribution in [2.75, 3.05) is 0 Å². The Morgan fingerprint density at radius 3 is 2.32 bits per heavy atom. The van der Waals surface area contributed by atoms with Crippen LogP contribution in [0.5, 0.6) is 0 Å². The molecule has 0 bridgehead atoms. The Bertz CT molecular complexity index is 679. The number of hydrogen-bond acceptors (Lipinski definition) is 2. The smallest absolute Gasteiger partial charge is 0.129 e. The molecule has 0 aliphatic carbocycles. The van der Waals surface area contributed by atoms with Gasteiger partial charge in [-0.1, -0.05) is 41.9 Å². The van der Waals surface area contributed by atoms with Gasteiger partial charge in [0.15, 0.2) is 0 Å². The second-order valence-corrected chi connectivity index (χ2v) is 4.55. The van der Waals surface area contributed by atoms with E-state index in [0.29, 0.717) is 5.15 Å². The maximum absolute atomic E-state index is 5.79. The van der Waals surface area contributed by atoms with Crippen LogP contribution in [-0.4, -0.2) is 9.97 Å². The lowest BCUT2D eigenvalue weighted by Crippen LogP contribution is -1.86. The molecule has 92 valence electrons. The lowest BCUT2D eigenvalue weighted by Gasteiger charge is -2.05. The predicted molar refractivity (Wildman–Crippen MR) is 77.9 cm³/mol. The number of halogens is 1. The highest BCUT2D eigenvalue weighted by Gasteiger charge is 2.03. The van der Waals surface area contributed by atoms with Crippen LogP contribution >= 0.6 is 11.6 Å². The van der Waals surface area contributed by atoms with Gasteiger partial charge in [0.05, 0.1) is 5.69 Å². The third-order valence-electron chi connectivity index (χ3n) is 2.89. The molecule has 0 N–H and O–H groups in total. The summed E-state index contributed by atoms with van der Waals surface area (Å²) < 4.78 is 0. The number of benzene rings is 1. The van der Waals surface area contributed by atoms with Crippen LogP contribution in [0.4, 0.5) is 0 Å². The maximum Gasteiger partial charge on any atom is 0.129 e. The molecule has 3 heteroatoms. The first-order chi connectivity index (χ1) is 9.33. The molecule has 0 spiro atoms. The van der Waals surface area contributed by atoms with Crippen molar-refractivity contribution >= 4 is 11.6 Å². The van der Waals surface area contributed by atoms with Gasteiger partial charge < -0.3 is 0 Å². The summed E-state index contributed by atoms with van der Waals surface area (Å²) in [5.74, 6) is 0. The van der Waals surface area contributed by atoms with E-state index < -0.39 is 0 Å². The third-order valence-corrected chi connectivity index (χ3v) is 3.11. The zero-order valence-corrected chi connectivity index (χ0v) is 10.9. The average molecular weight is 267 g/mol. The Hall–Kier alpha value is -2.19. The van der Waals surface area contributed by atoms with Crippen molar-refractivity contribution in [1.82, 2.24) is 9.97 Å². The molecule has 0 saturated carbocycles. The average Bonchev–Trinajstić information content (AvgIpc) is 2.49. The number of pyridine rings is 2. The molecule has 0 unspecified atom stereocenters. The standard InChI is InChI=1S/C16H11ClN2/c17-16-7-6-14(11-19-16)15-10-13(8-9-18-15)12-4-2-1-3-5-12/h1-11H. The summed E-state index contributed by atoms with van der Waals surface area (Å²) in [6.07, 6.45) is 3.55. The Kier molecular flexibility index (Phi) is 3.25. The Morgan fingerprint density at radius 1 is 0.737 bits per heavy atom. The quantitative estimate of drug-likeness (QED) is 0.640. The minimum atomic E-state index is 0.489. The molecule has 0 aliphatic heterocycles. The largest absolute Gasteiger partial charge is 0.256 e. The molecule has 2 nitrogen and oxygen atoms in total. The zero-order chi connectivity index (χ0) is 13.1. The van der Waals surface area contributed by atoms with Crippen LogP contribution in [0.3, 0.4) is 0 Å². The topological polar surface area (TPSA) is 25.8 Å². The van der Waals surface area contributed by atoms with Gasteiger partial charge in [-0.3, -0.25) is 4.98 Å². The van der Waals surface area contributed by atoms with Crippen molar-refractivity contribution in [2.45, 2.75) is 0 Å². The third kappa shape index (κ3) is 2.64. The van der Waals surface area contributed by atoms with Crippen LogP contribution in [0.25, 0.3) is 22.4 Å². The maximum atomic E-state index is 5.79. The molecule has 19 heavy (non-hydrogen) atoms. The number of aromatic nitrogens is 2. The van der Waals surface area contributed by atoms with Gasteiger partial charge in [0.1, 0.15) is 5.15 Å². The highest BCUT2D eigenvalue weighted by atomic mass is 35.5. The lowest BCUT2D eigenvalue weighted by molar-refractivity contribution is 1.28. The molecular weight excluding hydrogens is 256 g/mol. The molecule has 0 atom stereocenters. The molecule has 3 rings (SSSR count).